The number of carbonyl (C=O) groups is 1. The van der Waals surface area contributed by atoms with Crippen LogP contribution in [0.3, 0.4) is 0 Å². The molecule has 28 heavy (non-hydrogen) atoms. The summed E-state index contributed by atoms with van der Waals surface area (Å²) in [6.07, 6.45) is 1.62. The zero-order valence-electron chi connectivity index (χ0n) is 15.2. The lowest BCUT2D eigenvalue weighted by Crippen LogP contribution is -2.25. The van der Waals surface area contributed by atoms with Gasteiger partial charge in [0, 0.05) is 18.5 Å². The van der Waals surface area contributed by atoms with Gasteiger partial charge in [-0.25, -0.2) is 4.98 Å². The molecule has 2 aromatic carbocycles. The van der Waals surface area contributed by atoms with E-state index in [9.17, 15) is 4.79 Å². The molecule has 0 atom stereocenters. The Morgan fingerprint density at radius 3 is 2.79 bits per heavy atom. The van der Waals surface area contributed by atoms with Crippen molar-refractivity contribution >= 4 is 39.1 Å². The van der Waals surface area contributed by atoms with E-state index in [2.05, 4.69) is 21.5 Å². The first-order valence-corrected chi connectivity index (χ1v) is 10.2. The standard InChI is InChI=1S/C21H18ClN3O2S/c1-13-19(20(25-27-13)14-7-2-3-8-15(14)22)21(26)23-12-6-11-18-24-16-9-4-5-10-17(16)28-18/h2-5,7-10H,6,11-12H2,1H3,(H,23,26). The van der Waals surface area contributed by atoms with Crippen molar-refractivity contribution in [1.29, 1.82) is 0 Å². The zero-order valence-corrected chi connectivity index (χ0v) is 16.8. The topological polar surface area (TPSA) is 68.0 Å². The highest BCUT2D eigenvalue weighted by Gasteiger charge is 2.22. The number of carbonyl (C=O) groups excluding carboxylic acids is 1. The minimum Gasteiger partial charge on any atom is -0.360 e. The number of aromatic nitrogens is 2. The lowest BCUT2D eigenvalue weighted by Gasteiger charge is -2.06. The van der Waals surface area contributed by atoms with E-state index in [-0.39, 0.29) is 5.91 Å². The Kier molecular flexibility index (Phi) is 5.41. The van der Waals surface area contributed by atoms with Crippen molar-refractivity contribution < 1.29 is 9.32 Å². The van der Waals surface area contributed by atoms with Gasteiger partial charge in [-0.3, -0.25) is 4.79 Å². The number of amides is 1. The Bertz CT molecular complexity index is 1100. The summed E-state index contributed by atoms with van der Waals surface area (Å²) in [6.45, 7) is 2.27. The van der Waals surface area contributed by atoms with Crippen LogP contribution in [-0.4, -0.2) is 22.6 Å². The van der Waals surface area contributed by atoms with E-state index in [0.717, 1.165) is 23.4 Å². The molecule has 1 N–H and O–H groups in total. The van der Waals surface area contributed by atoms with Crippen LogP contribution in [0.15, 0.2) is 53.1 Å². The number of nitrogens with zero attached hydrogens (tertiary/aromatic N) is 2. The monoisotopic (exact) mass is 411 g/mol. The maximum Gasteiger partial charge on any atom is 0.257 e. The number of nitrogens with one attached hydrogen (secondary N) is 1. The molecule has 0 aliphatic carbocycles. The fraction of sp³-hybridized carbons (Fsp3) is 0.190. The number of halogens is 1. The molecule has 0 aliphatic rings. The number of aryl methyl sites for hydroxylation is 2. The molecule has 4 aromatic rings. The maximum atomic E-state index is 12.7. The first-order valence-electron chi connectivity index (χ1n) is 8.97. The number of para-hydroxylation sites is 1. The molecular formula is C21H18ClN3O2S. The maximum absolute atomic E-state index is 12.7. The highest BCUT2D eigenvalue weighted by atomic mass is 35.5. The van der Waals surface area contributed by atoms with Crippen molar-refractivity contribution in [1.82, 2.24) is 15.5 Å². The second-order valence-corrected chi connectivity index (χ2v) is 7.90. The smallest absolute Gasteiger partial charge is 0.257 e. The second kappa shape index (κ2) is 8.12. The van der Waals surface area contributed by atoms with Gasteiger partial charge in [0.2, 0.25) is 0 Å². The van der Waals surface area contributed by atoms with Crippen molar-refractivity contribution in [2.24, 2.45) is 0 Å². The fourth-order valence-electron chi connectivity index (χ4n) is 3.03. The third-order valence-electron chi connectivity index (χ3n) is 4.41. The number of hydrogen-bond acceptors (Lipinski definition) is 5. The molecule has 142 valence electrons. The van der Waals surface area contributed by atoms with Crippen LogP contribution in [0, 0.1) is 6.92 Å². The van der Waals surface area contributed by atoms with Crippen LogP contribution < -0.4 is 5.32 Å². The van der Waals surface area contributed by atoms with Gasteiger partial charge in [-0.1, -0.05) is 47.1 Å². The third-order valence-corrected chi connectivity index (χ3v) is 5.84. The average molecular weight is 412 g/mol. The molecule has 0 radical (unpaired) electrons. The van der Waals surface area contributed by atoms with E-state index >= 15 is 0 Å². The summed E-state index contributed by atoms with van der Waals surface area (Å²) in [5.74, 6) is 0.261. The van der Waals surface area contributed by atoms with Crippen LogP contribution in [0.4, 0.5) is 0 Å². The molecule has 0 aliphatic heterocycles. The molecule has 5 nitrogen and oxygen atoms in total. The number of benzene rings is 2. The molecule has 0 spiro atoms. The molecule has 7 heteroatoms. The van der Waals surface area contributed by atoms with Crippen molar-refractivity contribution in [2.45, 2.75) is 19.8 Å². The van der Waals surface area contributed by atoms with E-state index in [1.165, 1.54) is 4.70 Å². The quantitative estimate of drug-likeness (QED) is 0.438. The molecular weight excluding hydrogens is 394 g/mol. The van der Waals surface area contributed by atoms with Gasteiger partial charge < -0.3 is 9.84 Å². The summed E-state index contributed by atoms with van der Waals surface area (Å²) in [6, 6.07) is 15.4. The van der Waals surface area contributed by atoms with Crippen LogP contribution in [0.2, 0.25) is 5.02 Å². The first kappa shape index (κ1) is 18.7. The summed E-state index contributed by atoms with van der Waals surface area (Å²) >= 11 is 7.95. The predicted molar refractivity (Wildman–Crippen MR) is 112 cm³/mol. The van der Waals surface area contributed by atoms with Crippen LogP contribution >= 0.6 is 22.9 Å². The largest absolute Gasteiger partial charge is 0.360 e. The van der Waals surface area contributed by atoms with Gasteiger partial charge in [0.25, 0.3) is 5.91 Å². The van der Waals surface area contributed by atoms with Gasteiger partial charge in [-0.05, 0) is 31.5 Å². The second-order valence-electron chi connectivity index (χ2n) is 6.38. The van der Waals surface area contributed by atoms with Gasteiger partial charge in [0.15, 0.2) is 0 Å². The van der Waals surface area contributed by atoms with Crippen LogP contribution in [0.25, 0.3) is 21.5 Å². The SMILES string of the molecule is Cc1onc(-c2ccccc2Cl)c1C(=O)NCCCc1nc2ccccc2s1. The molecule has 1 amide bonds. The van der Waals surface area contributed by atoms with Crippen LogP contribution in [0.1, 0.15) is 27.5 Å². The summed E-state index contributed by atoms with van der Waals surface area (Å²) in [7, 11) is 0. The minimum atomic E-state index is -0.210. The van der Waals surface area contributed by atoms with Crippen molar-refractivity contribution in [3.05, 3.63) is 69.9 Å². The highest BCUT2D eigenvalue weighted by molar-refractivity contribution is 7.18. The number of fused-ring (bicyclic) bond motifs is 1. The van der Waals surface area contributed by atoms with Gasteiger partial charge >= 0.3 is 0 Å². The average Bonchev–Trinajstić information content (AvgIpc) is 3.28. The Balaban J connectivity index is 1.40. The van der Waals surface area contributed by atoms with Gasteiger partial charge in [0.05, 0.1) is 20.2 Å². The minimum absolute atomic E-state index is 0.210. The predicted octanol–water partition coefficient (Wildman–Crippen LogP) is 5.28. The summed E-state index contributed by atoms with van der Waals surface area (Å²) in [4.78, 5) is 17.3. The lowest BCUT2D eigenvalue weighted by atomic mass is 10.1. The Labute approximate surface area is 171 Å². The molecule has 4 rings (SSSR count). The molecule has 0 unspecified atom stereocenters. The van der Waals surface area contributed by atoms with Crippen LogP contribution in [0.5, 0.6) is 0 Å². The molecule has 0 fully saturated rings. The number of thiazole rings is 1. The van der Waals surface area contributed by atoms with E-state index < -0.39 is 0 Å². The zero-order chi connectivity index (χ0) is 19.5. The van der Waals surface area contributed by atoms with Gasteiger partial charge in [-0.2, -0.15) is 0 Å². The Hall–Kier alpha value is -2.70. The van der Waals surface area contributed by atoms with E-state index in [1.807, 2.05) is 36.4 Å². The summed E-state index contributed by atoms with van der Waals surface area (Å²) in [5.41, 5.74) is 2.59. The third kappa shape index (κ3) is 3.79. The lowest BCUT2D eigenvalue weighted by molar-refractivity contribution is 0.0952. The van der Waals surface area contributed by atoms with E-state index in [1.54, 1.807) is 24.3 Å². The summed E-state index contributed by atoms with van der Waals surface area (Å²) in [5, 5.41) is 8.60. The summed E-state index contributed by atoms with van der Waals surface area (Å²) < 4.78 is 6.44. The highest BCUT2D eigenvalue weighted by Crippen LogP contribution is 2.31. The number of rotatable bonds is 6. The van der Waals surface area contributed by atoms with E-state index in [4.69, 9.17) is 16.1 Å². The molecule has 0 bridgehead atoms. The molecule has 2 heterocycles. The van der Waals surface area contributed by atoms with Crippen molar-refractivity contribution in [2.75, 3.05) is 6.54 Å². The van der Waals surface area contributed by atoms with Gasteiger partial charge in [0.1, 0.15) is 17.0 Å². The molecule has 2 aromatic heterocycles. The normalized spacial score (nSPS) is 11.1. The van der Waals surface area contributed by atoms with Crippen molar-refractivity contribution in [3.8, 4) is 11.3 Å². The fourth-order valence-corrected chi connectivity index (χ4v) is 4.27. The first-order chi connectivity index (χ1) is 13.6. The van der Waals surface area contributed by atoms with Crippen molar-refractivity contribution in [3.63, 3.8) is 0 Å². The Morgan fingerprint density at radius 2 is 1.96 bits per heavy atom. The number of hydrogen-bond donors (Lipinski definition) is 1. The molecule has 0 saturated heterocycles. The Morgan fingerprint density at radius 1 is 1.18 bits per heavy atom. The van der Waals surface area contributed by atoms with Gasteiger partial charge in [-0.15, -0.1) is 11.3 Å². The molecule has 0 saturated carbocycles. The van der Waals surface area contributed by atoms with Crippen LogP contribution in [-0.2, 0) is 6.42 Å². The van der Waals surface area contributed by atoms with E-state index in [0.29, 0.717) is 34.1 Å².